The molecule has 0 saturated carbocycles. The minimum atomic E-state index is -0.0646. The zero-order chi connectivity index (χ0) is 21.1. The van der Waals surface area contributed by atoms with Crippen LogP contribution in [0.1, 0.15) is 11.1 Å². The van der Waals surface area contributed by atoms with Crippen molar-refractivity contribution in [3.05, 3.63) is 70.1 Å². The van der Waals surface area contributed by atoms with Crippen molar-refractivity contribution in [2.45, 2.75) is 6.42 Å². The number of hydrogen-bond donors (Lipinski definition) is 0. The normalized spacial score (nSPS) is 16.9. The number of carbonyl (C=O) groups is 1. The summed E-state index contributed by atoms with van der Waals surface area (Å²) in [5.41, 5.74) is 3.01. The van der Waals surface area contributed by atoms with Crippen molar-refractivity contribution in [3.63, 3.8) is 0 Å². The Bertz CT molecular complexity index is 1060. The van der Waals surface area contributed by atoms with Crippen LogP contribution in [0, 0.1) is 0 Å². The van der Waals surface area contributed by atoms with Crippen molar-refractivity contribution in [3.8, 4) is 17.2 Å². The summed E-state index contributed by atoms with van der Waals surface area (Å²) in [6.07, 6.45) is 4.60. The lowest BCUT2D eigenvalue weighted by molar-refractivity contribution is -0.122. The van der Waals surface area contributed by atoms with Crippen LogP contribution in [-0.4, -0.2) is 42.5 Å². The number of para-hydroxylation sites is 1. The Morgan fingerprint density at radius 2 is 1.97 bits per heavy atom. The fraction of sp³-hybridized carbons (Fsp3) is 0.217. The number of fused-ring (bicyclic) bond motifs is 1. The molecule has 2 aliphatic rings. The molecule has 0 spiro atoms. The molecule has 2 aromatic carbocycles. The Morgan fingerprint density at radius 3 is 2.77 bits per heavy atom. The van der Waals surface area contributed by atoms with E-state index in [1.165, 1.54) is 11.8 Å². The second-order valence-electron chi connectivity index (χ2n) is 6.82. The summed E-state index contributed by atoms with van der Waals surface area (Å²) >= 11 is 6.79. The van der Waals surface area contributed by atoms with E-state index in [-0.39, 0.29) is 5.91 Å². The van der Waals surface area contributed by atoms with E-state index in [4.69, 9.17) is 26.4 Å². The number of thioether (sulfide) groups is 1. The third kappa shape index (κ3) is 4.22. The Balaban J connectivity index is 1.46. The molecule has 1 saturated heterocycles. The Morgan fingerprint density at radius 1 is 1.17 bits per heavy atom. The number of amides is 1. The fourth-order valence-corrected chi connectivity index (χ4v) is 4.68. The van der Waals surface area contributed by atoms with Crippen molar-refractivity contribution >= 4 is 40.3 Å². The number of benzene rings is 2. The van der Waals surface area contributed by atoms with Crippen molar-refractivity contribution in [1.29, 1.82) is 0 Å². The molecule has 2 heterocycles. The smallest absolute Gasteiger partial charge is 0.266 e. The van der Waals surface area contributed by atoms with Crippen LogP contribution in [0.2, 0.25) is 0 Å². The minimum absolute atomic E-state index is 0.0646. The van der Waals surface area contributed by atoms with Crippen LogP contribution >= 0.6 is 24.0 Å². The second-order valence-corrected chi connectivity index (χ2v) is 8.49. The third-order valence-corrected chi connectivity index (χ3v) is 6.29. The largest absolute Gasteiger partial charge is 0.493 e. The van der Waals surface area contributed by atoms with Gasteiger partial charge in [-0.25, -0.2) is 0 Å². The molecule has 0 bridgehead atoms. The first kappa shape index (κ1) is 20.5. The van der Waals surface area contributed by atoms with E-state index < -0.39 is 0 Å². The Kier molecular flexibility index (Phi) is 6.11. The molecule has 2 aromatic rings. The number of hydrogen-bond acceptors (Lipinski definition) is 6. The van der Waals surface area contributed by atoms with Crippen molar-refractivity contribution in [2.24, 2.45) is 0 Å². The van der Waals surface area contributed by atoms with Crippen LogP contribution in [0.4, 0.5) is 0 Å². The van der Waals surface area contributed by atoms with E-state index in [0.29, 0.717) is 40.3 Å². The van der Waals surface area contributed by atoms with Gasteiger partial charge in [0.1, 0.15) is 16.7 Å². The minimum Gasteiger partial charge on any atom is -0.493 e. The highest BCUT2D eigenvalue weighted by Crippen LogP contribution is 2.34. The van der Waals surface area contributed by atoms with Crippen LogP contribution < -0.4 is 14.2 Å². The number of rotatable bonds is 6. The number of carbonyl (C=O) groups excluding carboxylic acids is 1. The molecule has 2 aliphatic heterocycles. The van der Waals surface area contributed by atoms with Gasteiger partial charge in [-0.3, -0.25) is 9.69 Å². The SMILES string of the molecule is COc1ccc(CCN2C(=O)C(=CC3=Cc4ccccc4OC3)SC2=S)cc1OC. The Hall–Kier alpha value is -2.77. The van der Waals surface area contributed by atoms with Crippen LogP contribution in [0.25, 0.3) is 6.08 Å². The number of thiocarbonyl (C=S) groups is 1. The number of methoxy groups -OCH3 is 2. The molecule has 1 amide bonds. The summed E-state index contributed by atoms with van der Waals surface area (Å²) in [6.45, 7) is 0.947. The zero-order valence-corrected chi connectivity index (χ0v) is 18.3. The summed E-state index contributed by atoms with van der Waals surface area (Å²) in [4.78, 5) is 15.2. The molecule has 154 valence electrons. The van der Waals surface area contributed by atoms with Crippen LogP contribution in [0.15, 0.2) is 59.0 Å². The maximum atomic E-state index is 12.9. The van der Waals surface area contributed by atoms with Gasteiger partial charge < -0.3 is 14.2 Å². The van der Waals surface area contributed by atoms with E-state index in [2.05, 4.69) is 6.08 Å². The highest BCUT2D eigenvalue weighted by Gasteiger charge is 2.32. The van der Waals surface area contributed by atoms with Gasteiger partial charge in [0, 0.05) is 12.1 Å². The quantitative estimate of drug-likeness (QED) is 0.489. The van der Waals surface area contributed by atoms with Crippen molar-refractivity contribution in [1.82, 2.24) is 4.90 Å². The lowest BCUT2D eigenvalue weighted by atomic mass is 10.1. The molecule has 7 heteroatoms. The first-order valence-electron chi connectivity index (χ1n) is 9.47. The molecule has 1 fully saturated rings. The predicted octanol–water partition coefficient (Wildman–Crippen LogP) is 4.47. The van der Waals surface area contributed by atoms with E-state index in [1.54, 1.807) is 19.1 Å². The third-order valence-electron chi connectivity index (χ3n) is 4.92. The van der Waals surface area contributed by atoms with Crippen LogP contribution in [0.3, 0.4) is 0 Å². The summed E-state index contributed by atoms with van der Waals surface area (Å²) in [6, 6.07) is 13.6. The number of nitrogens with zero attached hydrogens (tertiary/aromatic N) is 1. The zero-order valence-electron chi connectivity index (χ0n) is 16.7. The van der Waals surface area contributed by atoms with Gasteiger partial charge in [0.2, 0.25) is 0 Å². The molecule has 4 rings (SSSR count). The van der Waals surface area contributed by atoms with Gasteiger partial charge in [-0.15, -0.1) is 0 Å². The molecule has 0 N–H and O–H groups in total. The van der Waals surface area contributed by atoms with Crippen molar-refractivity contribution < 1.29 is 19.0 Å². The first-order chi connectivity index (χ1) is 14.6. The molecule has 0 atom stereocenters. The topological polar surface area (TPSA) is 48.0 Å². The van der Waals surface area contributed by atoms with Gasteiger partial charge in [-0.05, 0) is 47.9 Å². The van der Waals surface area contributed by atoms with E-state index in [1.807, 2.05) is 48.5 Å². The lowest BCUT2D eigenvalue weighted by Gasteiger charge is -2.16. The highest BCUT2D eigenvalue weighted by atomic mass is 32.2. The lowest BCUT2D eigenvalue weighted by Crippen LogP contribution is -2.30. The summed E-state index contributed by atoms with van der Waals surface area (Å²) in [5, 5.41) is 0. The highest BCUT2D eigenvalue weighted by molar-refractivity contribution is 8.26. The van der Waals surface area contributed by atoms with Gasteiger partial charge in [-0.2, -0.15) is 0 Å². The Labute approximate surface area is 185 Å². The summed E-state index contributed by atoms with van der Waals surface area (Å²) in [7, 11) is 3.21. The standard InChI is InChI=1S/C23H21NO4S2/c1-26-19-8-7-15(12-20(19)27-2)9-10-24-22(25)21(30-23(24)29)13-16-11-17-5-3-4-6-18(17)28-14-16/h3-8,11-13H,9-10,14H2,1-2H3. The van der Waals surface area contributed by atoms with Gasteiger partial charge in [0.05, 0.1) is 19.1 Å². The molecule has 30 heavy (non-hydrogen) atoms. The molecular weight excluding hydrogens is 418 g/mol. The van der Waals surface area contributed by atoms with Crippen molar-refractivity contribution in [2.75, 3.05) is 27.4 Å². The van der Waals surface area contributed by atoms with Gasteiger partial charge in [0.15, 0.2) is 11.5 Å². The summed E-state index contributed by atoms with van der Waals surface area (Å²) < 4.78 is 17.0. The molecular formula is C23H21NO4S2. The maximum Gasteiger partial charge on any atom is 0.266 e. The van der Waals surface area contributed by atoms with Gasteiger partial charge in [-0.1, -0.05) is 48.2 Å². The first-order valence-corrected chi connectivity index (χ1v) is 10.7. The fourth-order valence-electron chi connectivity index (χ4n) is 3.36. The average molecular weight is 440 g/mol. The monoisotopic (exact) mass is 439 g/mol. The van der Waals surface area contributed by atoms with E-state index in [0.717, 1.165) is 22.4 Å². The maximum absolute atomic E-state index is 12.9. The number of ether oxygens (including phenoxy) is 3. The second kappa shape index (κ2) is 8.93. The van der Waals surface area contributed by atoms with E-state index >= 15 is 0 Å². The van der Waals surface area contributed by atoms with Gasteiger partial charge >= 0.3 is 0 Å². The molecule has 0 unspecified atom stereocenters. The van der Waals surface area contributed by atoms with Crippen LogP contribution in [-0.2, 0) is 11.2 Å². The predicted molar refractivity (Wildman–Crippen MR) is 123 cm³/mol. The van der Waals surface area contributed by atoms with Gasteiger partial charge in [0.25, 0.3) is 5.91 Å². The molecule has 5 nitrogen and oxygen atoms in total. The van der Waals surface area contributed by atoms with E-state index in [9.17, 15) is 4.79 Å². The summed E-state index contributed by atoms with van der Waals surface area (Å²) in [5.74, 6) is 2.14. The molecule has 0 radical (unpaired) electrons. The average Bonchev–Trinajstić information content (AvgIpc) is 3.04. The molecule has 0 aliphatic carbocycles. The van der Waals surface area contributed by atoms with Crippen LogP contribution in [0.5, 0.6) is 17.2 Å². The molecule has 0 aromatic heterocycles.